The van der Waals surface area contributed by atoms with E-state index in [2.05, 4.69) is 5.32 Å². The van der Waals surface area contributed by atoms with E-state index in [4.69, 9.17) is 10.4 Å². The molecular formula is C13H16N2O2S. The van der Waals surface area contributed by atoms with Crippen LogP contribution in [-0.4, -0.2) is 29.1 Å². The number of nitriles is 1. The number of nitrogens with zero attached hydrogens (tertiary/aromatic N) is 1. The number of carbonyl (C=O) groups excluding carboxylic acids is 1. The number of thioether (sulfide) groups is 1. The Balaban J connectivity index is 2.38. The Labute approximate surface area is 111 Å². The molecule has 1 unspecified atom stereocenters. The number of amides is 1. The summed E-state index contributed by atoms with van der Waals surface area (Å²) in [4.78, 5) is 11.6. The van der Waals surface area contributed by atoms with Crippen LogP contribution in [0.2, 0.25) is 0 Å². The quantitative estimate of drug-likeness (QED) is 0.822. The van der Waals surface area contributed by atoms with Gasteiger partial charge in [-0.15, -0.1) is 0 Å². The molecule has 0 fully saturated rings. The molecule has 1 amide bonds. The molecule has 18 heavy (non-hydrogen) atoms. The van der Waals surface area contributed by atoms with E-state index in [0.717, 1.165) is 5.75 Å². The van der Waals surface area contributed by atoms with Crippen molar-refractivity contribution in [2.45, 2.75) is 6.92 Å². The molecule has 0 aliphatic carbocycles. The third-order valence-electron chi connectivity index (χ3n) is 2.22. The van der Waals surface area contributed by atoms with E-state index in [0.29, 0.717) is 17.0 Å². The molecule has 1 atom stereocenters. The van der Waals surface area contributed by atoms with E-state index < -0.39 is 0 Å². The fourth-order valence-electron chi connectivity index (χ4n) is 1.27. The van der Waals surface area contributed by atoms with Crippen LogP contribution in [0, 0.1) is 17.2 Å². The first kappa shape index (κ1) is 14.6. The molecule has 0 bridgehead atoms. The third-order valence-corrected chi connectivity index (χ3v) is 3.49. The highest BCUT2D eigenvalue weighted by Crippen LogP contribution is 2.12. The van der Waals surface area contributed by atoms with Crippen molar-refractivity contribution < 1.29 is 9.90 Å². The maximum Gasteiger partial charge on any atom is 0.234 e. The summed E-state index contributed by atoms with van der Waals surface area (Å²) in [6.45, 7) is 2.07. The summed E-state index contributed by atoms with van der Waals surface area (Å²) >= 11 is 1.49. The minimum Gasteiger partial charge on any atom is -0.396 e. The summed E-state index contributed by atoms with van der Waals surface area (Å²) in [5, 5.41) is 20.3. The van der Waals surface area contributed by atoms with Gasteiger partial charge in [0.05, 0.1) is 17.4 Å². The minimum absolute atomic E-state index is 0.0970. The first-order valence-electron chi connectivity index (χ1n) is 5.64. The van der Waals surface area contributed by atoms with E-state index >= 15 is 0 Å². The van der Waals surface area contributed by atoms with Crippen molar-refractivity contribution in [3.8, 4) is 6.07 Å². The summed E-state index contributed by atoms with van der Waals surface area (Å²) in [6.07, 6.45) is 0. The van der Waals surface area contributed by atoms with Crippen molar-refractivity contribution in [2.75, 3.05) is 23.4 Å². The van der Waals surface area contributed by atoms with Crippen LogP contribution in [0.3, 0.4) is 0 Å². The van der Waals surface area contributed by atoms with Crippen molar-refractivity contribution in [3.63, 3.8) is 0 Å². The third kappa shape index (κ3) is 5.21. The van der Waals surface area contributed by atoms with Crippen molar-refractivity contribution in [1.29, 1.82) is 5.26 Å². The van der Waals surface area contributed by atoms with Crippen LogP contribution in [0.5, 0.6) is 0 Å². The average molecular weight is 264 g/mol. The van der Waals surface area contributed by atoms with Gasteiger partial charge in [0.25, 0.3) is 0 Å². The van der Waals surface area contributed by atoms with Gasteiger partial charge in [-0.3, -0.25) is 4.79 Å². The number of aliphatic hydroxyl groups is 1. The lowest BCUT2D eigenvalue weighted by Gasteiger charge is -2.08. The number of hydrogen-bond donors (Lipinski definition) is 2. The Morgan fingerprint density at radius 1 is 1.61 bits per heavy atom. The predicted octanol–water partition coefficient (Wildman–Crippen LogP) is 1.86. The summed E-state index contributed by atoms with van der Waals surface area (Å²) in [6, 6.07) is 8.83. The van der Waals surface area contributed by atoms with Gasteiger partial charge in [-0.1, -0.05) is 13.0 Å². The highest BCUT2D eigenvalue weighted by Gasteiger charge is 2.05. The smallest absolute Gasteiger partial charge is 0.234 e. The normalized spacial score (nSPS) is 11.6. The van der Waals surface area contributed by atoms with E-state index in [1.165, 1.54) is 11.8 Å². The van der Waals surface area contributed by atoms with E-state index in [9.17, 15) is 4.79 Å². The number of rotatable bonds is 6. The zero-order valence-corrected chi connectivity index (χ0v) is 11.0. The molecule has 5 heteroatoms. The lowest BCUT2D eigenvalue weighted by molar-refractivity contribution is -0.113. The van der Waals surface area contributed by atoms with Gasteiger partial charge >= 0.3 is 0 Å². The number of hydrogen-bond acceptors (Lipinski definition) is 4. The highest BCUT2D eigenvalue weighted by atomic mass is 32.2. The molecule has 0 aliphatic rings. The SMILES string of the molecule is CC(CO)CSCC(=O)Nc1cccc(C#N)c1. The van der Waals surface area contributed by atoms with Gasteiger partial charge in [0.15, 0.2) is 0 Å². The van der Waals surface area contributed by atoms with Gasteiger partial charge in [-0.25, -0.2) is 0 Å². The highest BCUT2D eigenvalue weighted by molar-refractivity contribution is 7.99. The molecule has 96 valence electrons. The Morgan fingerprint density at radius 3 is 3.06 bits per heavy atom. The Kier molecular flexibility index (Phi) is 6.26. The number of carbonyl (C=O) groups is 1. The van der Waals surface area contributed by atoms with Crippen LogP contribution in [0.25, 0.3) is 0 Å². The summed E-state index contributed by atoms with van der Waals surface area (Å²) in [5.74, 6) is 1.20. The van der Waals surface area contributed by atoms with Gasteiger partial charge in [0.1, 0.15) is 0 Å². The minimum atomic E-state index is -0.0970. The van der Waals surface area contributed by atoms with Crippen LogP contribution in [0.1, 0.15) is 12.5 Å². The molecule has 4 nitrogen and oxygen atoms in total. The van der Waals surface area contributed by atoms with Crippen molar-refractivity contribution in [3.05, 3.63) is 29.8 Å². The van der Waals surface area contributed by atoms with Crippen LogP contribution in [0.4, 0.5) is 5.69 Å². The van der Waals surface area contributed by atoms with Gasteiger partial charge in [0, 0.05) is 12.3 Å². The van der Waals surface area contributed by atoms with Crippen LogP contribution in [0.15, 0.2) is 24.3 Å². The number of benzene rings is 1. The number of aliphatic hydroxyl groups excluding tert-OH is 1. The van der Waals surface area contributed by atoms with E-state index in [1.54, 1.807) is 24.3 Å². The molecule has 0 aliphatic heterocycles. The summed E-state index contributed by atoms with van der Waals surface area (Å²) in [5.41, 5.74) is 1.16. The van der Waals surface area contributed by atoms with Crippen LogP contribution in [-0.2, 0) is 4.79 Å². The Morgan fingerprint density at radius 2 is 2.39 bits per heavy atom. The monoisotopic (exact) mass is 264 g/mol. The van der Waals surface area contributed by atoms with Crippen molar-refractivity contribution in [2.24, 2.45) is 5.92 Å². The summed E-state index contributed by atoms with van der Waals surface area (Å²) in [7, 11) is 0. The zero-order chi connectivity index (χ0) is 13.4. The maximum absolute atomic E-state index is 11.6. The van der Waals surface area contributed by atoms with Gasteiger partial charge < -0.3 is 10.4 Å². The molecule has 0 aromatic heterocycles. The largest absolute Gasteiger partial charge is 0.396 e. The summed E-state index contributed by atoms with van der Waals surface area (Å²) < 4.78 is 0. The predicted molar refractivity (Wildman–Crippen MR) is 73.4 cm³/mol. The second kappa shape index (κ2) is 7.75. The zero-order valence-electron chi connectivity index (χ0n) is 10.2. The number of nitrogens with one attached hydrogen (secondary N) is 1. The fourth-order valence-corrected chi connectivity index (χ4v) is 2.15. The standard InChI is InChI=1S/C13H16N2O2S/c1-10(7-16)8-18-9-13(17)15-12-4-2-3-11(5-12)6-14/h2-5,10,16H,7-9H2,1H3,(H,15,17). The molecule has 1 aromatic carbocycles. The number of anilines is 1. The maximum atomic E-state index is 11.6. The van der Waals surface area contributed by atoms with Crippen LogP contribution >= 0.6 is 11.8 Å². The lowest BCUT2D eigenvalue weighted by Crippen LogP contribution is -2.15. The molecule has 0 saturated carbocycles. The molecule has 0 radical (unpaired) electrons. The van der Waals surface area contributed by atoms with E-state index in [-0.39, 0.29) is 18.4 Å². The van der Waals surface area contributed by atoms with Crippen molar-refractivity contribution >= 4 is 23.4 Å². The fraction of sp³-hybridized carbons (Fsp3) is 0.385. The second-order valence-electron chi connectivity index (χ2n) is 4.04. The lowest BCUT2D eigenvalue weighted by atomic mass is 10.2. The Bertz CT molecular complexity index is 443. The second-order valence-corrected chi connectivity index (χ2v) is 5.07. The topological polar surface area (TPSA) is 73.1 Å². The van der Waals surface area contributed by atoms with Gasteiger partial charge in [-0.05, 0) is 29.9 Å². The molecule has 0 saturated heterocycles. The molecule has 0 spiro atoms. The molecular weight excluding hydrogens is 248 g/mol. The first-order valence-corrected chi connectivity index (χ1v) is 6.79. The van der Waals surface area contributed by atoms with Crippen molar-refractivity contribution in [1.82, 2.24) is 0 Å². The van der Waals surface area contributed by atoms with E-state index in [1.807, 2.05) is 13.0 Å². The van der Waals surface area contributed by atoms with Gasteiger partial charge in [0.2, 0.25) is 5.91 Å². The first-order chi connectivity index (χ1) is 8.65. The molecule has 1 aromatic rings. The molecule has 1 rings (SSSR count). The molecule has 2 N–H and O–H groups in total. The molecule has 0 heterocycles. The van der Waals surface area contributed by atoms with Gasteiger partial charge in [-0.2, -0.15) is 17.0 Å². The average Bonchev–Trinajstić information content (AvgIpc) is 2.38. The van der Waals surface area contributed by atoms with Crippen LogP contribution < -0.4 is 5.32 Å². The Hall–Kier alpha value is -1.51.